The third-order valence-electron chi connectivity index (χ3n) is 5.07. The molecule has 1 heterocycles. The van der Waals surface area contributed by atoms with Crippen LogP contribution < -0.4 is 10.1 Å². The Morgan fingerprint density at radius 1 is 1.31 bits per heavy atom. The summed E-state index contributed by atoms with van der Waals surface area (Å²) in [6, 6.07) is 7.57. The number of guanidine groups is 1. The van der Waals surface area contributed by atoms with Gasteiger partial charge in [-0.3, -0.25) is 4.99 Å². The van der Waals surface area contributed by atoms with Crippen LogP contribution in [0.1, 0.15) is 24.8 Å². The van der Waals surface area contributed by atoms with Gasteiger partial charge in [0.25, 0.3) is 0 Å². The van der Waals surface area contributed by atoms with E-state index in [1.165, 1.54) is 32.4 Å². The highest BCUT2D eigenvalue weighted by Gasteiger charge is 2.34. The van der Waals surface area contributed by atoms with Crippen LogP contribution in [-0.2, 0) is 6.54 Å². The van der Waals surface area contributed by atoms with Gasteiger partial charge in [-0.05, 0) is 49.4 Å². The van der Waals surface area contributed by atoms with Gasteiger partial charge in [-0.2, -0.15) is 8.78 Å². The monoisotopic (exact) mass is 366 g/mol. The first-order valence-corrected chi connectivity index (χ1v) is 9.24. The van der Waals surface area contributed by atoms with E-state index in [0.29, 0.717) is 12.5 Å². The third kappa shape index (κ3) is 5.30. The molecular weight excluding hydrogens is 338 g/mol. The van der Waals surface area contributed by atoms with E-state index >= 15 is 0 Å². The van der Waals surface area contributed by atoms with Gasteiger partial charge in [0.15, 0.2) is 5.96 Å². The highest BCUT2D eigenvalue weighted by molar-refractivity contribution is 5.79. The highest BCUT2D eigenvalue weighted by Crippen LogP contribution is 2.31. The molecule has 2 fully saturated rings. The van der Waals surface area contributed by atoms with Crippen LogP contribution in [0.2, 0.25) is 0 Å². The van der Waals surface area contributed by atoms with Gasteiger partial charge in [-0.25, -0.2) is 0 Å². The van der Waals surface area contributed by atoms with Crippen LogP contribution in [0.5, 0.6) is 5.75 Å². The Hall–Kier alpha value is -1.89. The quantitative estimate of drug-likeness (QED) is 0.595. The predicted molar refractivity (Wildman–Crippen MR) is 98.6 cm³/mol. The fraction of sp³-hybridized carbons (Fsp3) is 0.632. The zero-order chi connectivity index (χ0) is 18.5. The highest BCUT2D eigenvalue weighted by atomic mass is 19.3. The van der Waals surface area contributed by atoms with Gasteiger partial charge in [-0.1, -0.05) is 12.1 Å². The molecule has 1 N–H and O–H groups in total. The van der Waals surface area contributed by atoms with E-state index in [-0.39, 0.29) is 5.75 Å². The summed E-state index contributed by atoms with van der Waals surface area (Å²) in [5, 5.41) is 3.47. The van der Waals surface area contributed by atoms with E-state index in [1.807, 2.05) is 11.9 Å². The Labute approximate surface area is 154 Å². The van der Waals surface area contributed by atoms with Crippen LogP contribution in [0.15, 0.2) is 29.3 Å². The van der Waals surface area contributed by atoms with Gasteiger partial charge in [0, 0.05) is 39.8 Å². The van der Waals surface area contributed by atoms with Crippen molar-refractivity contribution in [2.75, 3.05) is 33.7 Å². The molecule has 1 aliphatic heterocycles. The second-order valence-corrected chi connectivity index (χ2v) is 7.19. The fourth-order valence-electron chi connectivity index (χ4n) is 3.55. The molecule has 0 amide bonds. The first-order chi connectivity index (χ1) is 12.5. The van der Waals surface area contributed by atoms with Crippen molar-refractivity contribution in [3.8, 4) is 5.75 Å². The van der Waals surface area contributed by atoms with Crippen molar-refractivity contribution in [3.05, 3.63) is 29.8 Å². The van der Waals surface area contributed by atoms with E-state index in [2.05, 4.69) is 19.9 Å². The standard InChI is InChI=1S/C19H28F2N4O/c1-22-19(23-11-15-9-10-25(13-15)16-5-6-16)24(2)12-14-3-7-17(8-4-14)26-18(20)21/h3-4,7-8,15-16,18H,5-6,9-13H2,1-2H3,(H,22,23). The van der Waals surface area contributed by atoms with Crippen LogP contribution in [0.3, 0.4) is 0 Å². The first kappa shape index (κ1) is 18.9. The van der Waals surface area contributed by atoms with E-state index in [0.717, 1.165) is 24.1 Å². The summed E-state index contributed by atoms with van der Waals surface area (Å²) >= 11 is 0. The summed E-state index contributed by atoms with van der Waals surface area (Å²) in [7, 11) is 3.76. The summed E-state index contributed by atoms with van der Waals surface area (Å²) in [6.07, 6.45) is 3.98. The average molecular weight is 366 g/mol. The minimum Gasteiger partial charge on any atom is -0.435 e. The van der Waals surface area contributed by atoms with Gasteiger partial charge in [0.2, 0.25) is 0 Å². The number of ether oxygens (including phenoxy) is 1. The van der Waals surface area contributed by atoms with Gasteiger partial charge in [-0.15, -0.1) is 0 Å². The lowest BCUT2D eigenvalue weighted by molar-refractivity contribution is -0.0498. The minimum absolute atomic E-state index is 0.176. The second-order valence-electron chi connectivity index (χ2n) is 7.19. The molecule has 1 saturated heterocycles. The van der Waals surface area contributed by atoms with Gasteiger partial charge in [0.1, 0.15) is 5.75 Å². The summed E-state index contributed by atoms with van der Waals surface area (Å²) < 4.78 is 28.8. The largest absolute Gasteiger partial charge is 0.435 e. The Morgan fingerprint density at radius 3 is 2.65 bits per heavy atom. The number of hydrogen-bond donors (Lipinski definition) is 1. The number of nitrogens with zero attached hydrogens (tertiary/aromatic N) is 3. The van der Waals surface area contributed by atoms with Gasteiger partial charge >= 0.3 is 6.61 Å². The van der Waals surface area contributed by atoms with Crippen LogP contribution in [-0.4, -0.2) is 62.1 Å². The maximum Gasteiger partial charge on any atom is 0.387 e. The number of aliphatic imine (C=N–C) groups is 1. The lowest BCUT2D eigenvalue weighted by Gasteiger charge is -2.24. The normalized spacial score (nSPS) is 21.3. The van der Waals surface area contributed by atoms with Crippen molar-refractivity contribution in [3.63, 3.8) is 0 Å². The maximum absolute atomic E-state index is 12.2. The van der Waals surface area contributed by atoms with Crippen LogP contribution in [0.25, 0.3) is 0 Å². The molecule has 26 heavy (non-hydrogen) atoms. The van der Waals surface area contributed by atoms with E-state index in [1.54, 1.807) is 31.3 Å². The van der Waals surface area contributed by atoms with Crippen molar-refractivity contribution in [1.29, 1.82) is 0 Å². The lowest BCUT2D eigenvalue weighted by atomic mass is 10.1. The molecule has 0 aromatic heterocycles. The van der Waals surface area contributed by atoms with E-state index in [4.69, 9.17) is 0 Å². The topological polar surface area (TPSA) is 40.1 Å². The number of rotatable bonds is 7. The van der Waals surface area contributed by atoms with Crippen LogP contribution in [0.4, 0.5) is 8.78 Å². The van der Waals surface area contributed by atoms with Crippen molar-refractivity contribution >= 4 is 5.96 Å². The zero-order valence-corrected chi connectivity index (χ0v) is 15.5. The molecule has 5 nitrogen and oxygen atoms in total. The fourth-order valence-corrected chi connectivity index (χ4v) is 3.55. The van der Waals surface area contributed by atoms with Crippen molar-refractivity contribution in [2.24, 2.45) is 10.9 Å². The smallest absolute Gasteiger partial charge is 0.387 e. The minimum atomic E-state index is -2.79. The summed E-state index contributed by atoms with van der Waals surface area (Å²) in [4.78, 5) is 9.01. The molecule has 1 aromatic carbocycles. The number of hydrogen-bond acceptors (Lipinski definition) is 3. The molecule has 3 rings (SSSR count). The lowest BCUT2D eigenvalue weighted by Crippen LogP contribution is -2.41. The number of likely N-dealkylation sites (tertiary alicyclic amines) is 1. The van der Waals surface area contributed by atoms with Crippen molar-refractivity contribution in [1.82, 2.24) is 15.1 Å². The molecule has 144 valence electrons. The van der Waals surface area contributed by atoms with Crippen molar-refractivity contribution < 1.29 is 13.5 Å². The Balaban J connectivity index is 1.45. The van der Waals surface area contributed by atoms with E-state index in [9.17, 15) is 8.78 Å². The second kappa shape index (κ2) is 8.66. The molecule has 0 radical (unpaired) electrons. The number of halogens is 2. The maximum atomic E-state index is 12.2. The Bertz CT molecular complexity index is 604. The molecular formula is C19H28F2N4O. The molecule has 1 aliphatic carbocycles. The molecule has 0 bridgehead atoms. The third-order valence-corrected chi connectivity index (χ3v) is 5.07. The molecule has 2 aliphatic rings. The predicted octanol–water partition coefficient (Wildman–Crippen LogP) is 2.78. The number of nitrogens with one attached hydrogen (secondary N) is 1. The molecule has 0 spiro atoms. The summed E-state index contributed by atoms with van der Waals surface area (Å²) in [5.41, 5.74) is 1.01. The van der Waals surface area contributed by atoms with Gasteiger partial charge < -0.3 is 19.9 Å². The summed E-state index contributed by atoms with van der Waals surface area (Å²) in [6.45, 7) is 1.19. The molecule has 7 heteroatoms. The molecule has 1 unspecified atom stereocenters. The Kier molecular flexibility index (Phi) is 6.29. The molecule has 1 saturated carbocycles. The molecule has 1 atom stereocenters. The van der Waals surface area contributed by atoms with E-state index < -0.39 is 6.61 Å². The zero-order valence-electron chi connectivity index (χ0n) is 15.5. The van der Waals surface area contributed by atoms with Gasteiger partial charge in [0.05, 0.1) is 0 Å². The van der Waals surface area contributed by atoms with Crippen LogP contribution in [0, 0.1) is 5.92 Å². The summed E-state index contributed by atoms with van der Waals surface area (Å²) in [5.74, 6) is 1.70. The number of alkyl halides is 2. The van der Waals surface area contributed by atoms with Crippen LogP contribution >= 0.6 is 0 Å². The average Bonchev–Trinajstić information content (AvgIpc) is 3.36. The van der Waals surface area contributed by atoms with Crippen molar-refractivity contribution in [2.45, 2.75) is 38.5 Å². The Morgan fingerprint density at radius 2 is 2.04 bits per heavy atom. The SMILES string of the molecule is CN=C(NCC1CCN(C2CC2)C1)N(C)Cc1ccc(OC(F)F)cc1. The molecule has 1 aromatic rings. The number of benzene rings is 1. The first-order valence-electron chi connectivity index (χ1n) is 9.24.